The number of primary amides is 1. The van der Waals surface area contributed by atoms with Gasteiger partial charge >= 0.3 is 0 Å². The summed E-state index contributed by atoms with van der Waals surface area (Å²) < 4.78 is 0. The molecule has 1 amide bonds. The molecule has 1 aliphatic heterocycles. The third-order valence-corrected chi connectivity index (χ3v) is 4.96. The molecule has 3 rings (SSSR count). The van der Waals surface area contributed by atoms with E-state index in [2.05, 4.69) is 32.3 Å². The van der Waals surface area contributed by atoms with Crippen molar-refractivity contribution in [1.29, 1.82) is 5.41 Å². The molecule has 1 aliphatic rings. The number of guanidine groups is 1. The predicted molar refractivity (Wildman–Crippen MR) is 137 cm³/mol. The van der Waals surface area contributed by atoms with E-state index in [1.54, 1.807) is 19.2 Å². The topological polar surface area (TPSA) is 123 Å². The molecule has 174 valence electrons. The molecule has 0 aromatic heterocycles. The van der Waals surface area contributed by atoms with Crippen LogP contribution in [0, 0.1) is 5.41 Å². The standard InChI is InChI=1S/C21H24ClN7O.C2H5N/c1-3-25-26-10-11-29(19-8-6-18(22)7-9-19)21(27-24-2)28-13-16-5-4-15(20(23)30)12-17(16)14-28;1-2-3/h3-9,12,26H,2,10-11,13-14H2,1H3,(H2,23,30);2-3H,1H3/b25-3-,27-21-;. The second kappa shape index (κ2) is 13.0. The molecule has 2 aromatic carbocycles. The Morgan fingerprint density at radius 3 is 2.52 bits per heavy atom. The van der Waals surface area contributed by atoms with Crippen LogP contribution < -0.4 is 16.1 Å². The van der Waals surface area contributed by atoms with Gasteiger partial charge in [0.2, 0.25) is 11.9 Å². The molecule has 0 saturated heterocycles. The zero-order chi connectivity index (χ0) is 24.2. The Balaban J connectivity index is 0.00000122. The Kier molecular flexibility index (Phi) is 10.0. The maximum Gasteiger partial charge on any atom is 0.248 e. The lowest BCUT2D eigenvalue weighted by atomic mass is 10.1. The molecule has 0 spiro atoms. The normalized spacial score (nSPS) is 12.6. The maximum atomic E-state index is 11.5. The van der Waals surface area contributed by atoms with Crippen molar-refractivity contribution in [1.82, 2.24) is 10.3 Å². The van der Waals surface area contributed by atoms with Crippen molar-refractivity contribution in [2.75, 3.05) is 18.0 Å². The van der Waals surface area contributed by atoms with Gasteiger partial charge < -0.3 is 26.4 Å². The van der Waals surface area contributed by atoms with E-state index in [0.717, 1.165) is 16.8 Å². The number of fused-ring (bicyclic) bond motifs is 1. The van der Waals surface area contributed by atoms with Gasteiger partial charge in [-0.05, 0) is 67.6 Å². The molecule has 4 N–H and O–H groups in total. The van der Waals surface area contributed by atoms with Crippen molar-refractivity contribution in [3.05, 3.63) is 64.2 Å². The maximum absolute atomic E-state index is 11.5. The second-order valence-corrected chi connectivity index (χ2v) is 7.39. The smallest absolute Gasteiger partial charge is 0.248 e. The average molecular weight is 469 g/mol. The molecule has 2 aromatic rings. The van der Waals surface area contributed by atoms with Crippen molar-refractivity contribution >= 4 is 48.3 Å². The van der Waals surface area contributed by atoms with Crippen LogP contribution in [0.15, 0.2) is 57.8 Å². The lowest BCUT2D eigenvalue weighted by Crippen LogP contribution is -2.44. The van der Waals surface area contributed by atoms with E-state index in [-0.39, 0.29) is 0 Å². The molecule has 0 aliphatic carbocycles. The average Bonchev–Trinajstić information content (AvgIpc) is 3.22. The highest BCUT2D eigenvalue weighted by atomic mass is 35.5. The number of hydrogen-bond acceptors (Lipinski definition) is 6. The molecule has 0 atom stereocenters. The van der Waals surface area contributed by atoms with Crippen molar-refractivity contribution in [3.63, 3.8) is 0 Å². The number of benzene rings is 2. The summed E-state index contributed by atoms with van der Waals surface area (Å²) in [6.45, 7) is 9.45. The van der Waals surface area contributed by atoms with Crippen LogP contribution >= 0.6 is 11.6 Å². The molecular formula is C23H29ClN8O. The van der Waals surface area contributed by atoms with Crippen molar-refractivity contribution in [3.8, 4) is 0 Å². The van der Waals surface area contributed by atoms with E-state index in [0.29, 0.717) is 42.7 Å². The van der Waals surface area contributed by atoms with Crippen LogP contribution in [0.1, 0.15) is 35.3 Å². The first-order valence-corrected chi connectivity index (χ1v) is 10.7. The highest BCUT2D eigenvalue weighted by molar-refractivity contribution is 6.30. The van der Waals surface area contributed by atoms with E-state index in [1.807, 2.05) is 48.2 Å². The number of carbonyl (C=O) groups is 1. The number of anilines is 1. The number of carbonyl (C=O) groups excluding carboxylic acids is 1. The van der Waals surface area contributed by atoms with Gasteiger partial charge in [-0.25, -0.2) is 0 Å². The number of halogens is 1. The van der Waals surface area contributed by atoms with Crippen LogP contribution in [-0.4, -0.2) is 49.0 Å². The van der Waals surface area contributed by atoms with E-state index < -0.39 is 5.91 Å². The van der Waals surface area contributed by atoms with E-state index in [9.17, 15) is 4.79 Å². The SMILES string of the molecule is C=N/N=C(/N1Cc2ccc(C(N)=O)cc2C1)N(CCN/N=C\C)c1ccc(Cl)cc1.CC=N. The monoisotopic (exact) mass is 468 g/mol. The lowest BCUT2D eigenvalue weighted by molar-refractivity contribution is 0.1000. The molecule has 9 nitrogen and oxygen atoms in total. The largest absolute Gasteiger partial charge is 0.366 e. The number of amides is 1. The third-order valence-electron chi connectivity index (χ3n) is 4.70. The highest BCUT2D eigenvalue weighted by Gasteiger charge is 2.27. The van der Waals surface area contributed by atoms with Gasteiger partial charge in [0.1, 0.15) is 0 Å². The molecule has 0 fully saturated rings. The lowest BCUT2D eigenvalue weighted by Gasteiger charge is -2.31. The first kappa shape index (κ1) is 25.5. The first-order valence-electron chi connectivity index (χ1n) is 10.3. The van der Waals surface area contributed by atoms with Crippen LogP contribution in [-0.2, 0) is 13.1 Å². The summed E-state index contributed by atoms with van der Waals surface area (Å²) in [7, 11) is 0. The Hall–Kier alpha value is -3.72. The minimum Gasteiger partial charge on any atom is -0.366 e. The quantitative estimate of drug-likeness (QED) is 0.249. The van der Waals surface area contributed by atoms with E-state index in [4.69, 9.17) is 22.7 Å². The molecule has 33 heavy (non-hydrogen) atoms. The van der Waals surface area contributed by atoms with Crippen molar-refractivity contribution < 1.29 is 4.79 Å². The fourth-order valence-electron chi connectivity index (χ4n) is 3.32. The van der Waals surface area contributed by atoms with Gasteiger partial charge in [-0.2, -0.15) is 10.2 Å². The summed E-state index contributed by atoms with van der Waals surface area (Å²) in [5, 5.41) is 18.9. The van der Waals surface area contributed by atoms with Gasteiger partial charge in [-0.15, -0.1) is 5.10 Å². The molecule has 0 unspecified atom stereocenters. The van der Waals surface area contributed by atoms with Crippen LogP contribution in [0.4, 0.5) is 5.69 Å². The zero-order valence-electron chi connectivity index (χ0n) is 18.8. The molecule has 10 heteroatoms. The zero-order valence-corrected chi connectivity index (χ0v) is 19.6. The van der Waals surface area contributed by atoms with Gasteiger partial charge in [0.25, 0.3) is 0 Å². The summed E-state index contributed by atoms with van der Waals surface area (Å²) in [5.74, 6) is 0.203. The summed E-state index contributed by atoms with van der Waals surface area (Å²) in [5.41, 5.74) is 12.0. The Morgan fingerprint density at radius 1 is 1.24 bits per heavy atom. The first-order chi connectivity index (χ1) is 15.9. The number of hydrazone groups is 1. The summed E-state index contributed by atoms with van der Waals surface area (Å²) in [6, 6.07) is 13.0. The number of nitrogens with one attached hydrogen (secondary N) is 2. The second-order valence-electron chi connectivity index (χ2n) is 6.96. The minimum absolute atomic E-state index is 0.441. The molecule has 1 heterocycles. The van der Waals surface area contributed by atoms with Gasteiger partial charge in [-0.3, -0.25) is 4.79 Å². The van der Waals surface area contributed by atoms with Crippen LogP contribution in [0.3, 0.4) is 0 Å². The third kappa shape index (κ3) is 7.15. The van der Waals surface area contributed by atoms with Gasteiger partial charge in [0, 0.05) is 48.8 Å². The number of rotatable bonds is 7. The number of nitrogens with zero attached hydrogens (tertiary/aromatic N) is 5. The fraction of sp³-hybridized carbons (Fsp3) is 0.261. The summed E-state index contributed by atoms with van der Waals surface area (Å²) >= 11 is 6.07. The molecular weight excluding hydrogens is 440 g/mol. The van der Waals surface area contributed by atoms with Crippen LogP contribution in [0.2, 0.25) is 5.02 Å². The summed E-state index contributed by atoms with van der Waals surface area (Å²) in [6.07, 6.45) is 2.94. The van der Waals surface area contributed by atoms with Crippen molar-refractivity contribution in [2.45, 2.75) is 26.9 Å². The fourth-order valence-corrected chi connectivity index (χ4v) is 3.45. The minimum atomic E-state index is -0.441. The summed E-state index contributed by atoms with van der Waals surface area (Å²) in [4.78, 5) is 15.7. The number of nitrogens with two attached hydrogens (primary N) is 1. The number of hydrogen-bond donors (Lipinski definition) is 3. The molecule has 0 bridgehead atoms. The Morgan fingerprint density at radius 2 is 1.91 bits per heavy atom. The van der Waals surface area contributed by atoms with Gasteiger partial charge in [0.05, 0.1) is 6.54 Å². The Labute approximate surface area is 199 Å². The van der Waals surface area contributed by atoms with Crippen LogP contribution in [0.25, 0.3) is 0 Å². The van der Waals surface area contributed by atoms with Crippen molar-refractivity contribution in [2.24, 2.45) is 21.0 Å². The predicted octanol–water partition coefficient (Wildman–Crippen LogP) is 3.48. The van der Waals surface area contributed by atoms with E-state index in [1.165, 1.54) is 6.21 Å². The van der Waals surface area contributed by atoms with Gasteiger partial charge in [0.15, 0.2) is 0 Å². The van der Waals surface area contributed by atoms with Crippen LogP contribution in [0.5, 0.6) is 0 Å². The highest BCUT2D eigenvalue weighted by Crippen LogP contribution is 2.27. The van der Waals surface area contributed by atoms with E-state index >= 15 is 0 Å². The molecule has 0 radical (unpaired) electrons. The Bertz CT molecular complexity index is 1020. The molecule has 0 saturated carbocycles. The van der Waals surface area contributed by atoms with Gasteiger partial charge in [-0.1, -0.05) is 17.7 Å².